The van der Waals surface area contributed by atoms with Crippen molar-refractivity contribution >= 4 is 34.5 Å². The average Bonchev–Trinajstić information content (AvgIpc) is 2.89. The van der Waals surface area contributed by atoms with Gasteiger partial charge in [-0.1, -0.05) is 23.7 Å². The van der Waals surface area contributed by atoms with Crippen LogP contribution in [0, 0.1) is 0 Å². The maximum atomic E-state index is 5.89. The molecule has 1 aromatic heterocycles. The Morgan fingerprint density at radius 3 is 2.58 bits per heavy atom. The van der Waals surface area contributed by atoms with Crippen molar-refractivity contribution < 1.29 is 0 Å². The van der Waals surface area contributed by atoms with Crippen LogP contribution in [0.15, 0.2) is 29.6 Å². The zero-order valence-electron chi connectivity index (χ0n) is 10.9. The Balaban J connectivity index is 2.02. The number of aromatic nitrogens is 1. The Labute approximate surface area is 128 Å². The van der Waals surface area contributed by atoms with Gasteiger partial charge in [-0.15, -0.1) is 22.9 Å². The molecule has 102 valence electrons. The van der Waals surface area contributed by atoms with E-state index in [1.807, 2.05) is 17.5 Å². The average molecular weight is 315 g/mol. The van der Waals surface area contributed by atoms with Gasteiger partial charge in [0.2, 0.25) is 0 Å². The van der Waals surface area contributed by atoms with E-state index in [4.69, 9.17) is 23.2 Å². The van der Waals surface area contributed by atoms with Gasteiger partial charge in [-0.25, -0.2) is 4.98 Å². The van der Waals surface area contributed by atoms with Crippen LogP contribution in [0.5, 0.6) is 0 Å². The van der Waals surface area contributed by atoms with E-state index in [9.17, 15) is 0 Å². The van der Waals surface area contributed by atoms with Crippen LogP contribution in [0.25, 0.3) is 0 Å². The molecule has 0 aliphatic rings. The lowest BCUT2D eigenvalue weighted by Gasteiger charge is -2.23. The van der Waals surface area contributed by atoms with E-state index in [1.54, 1.807) is 11.3 Å². The highest BCUT2D eigenvalue weighted by Crippen LogP contribution is 2.24. The SMILES string of the molecule is CC(c1nc(CCl)cs1)N(C)Cc1ccc(Cl)cc1. The van der Waals surface area contributed by atoms with Gasteiger partial charge < -0.3 is 0 Å². The van der Waals surface area contributed by atoms with Crippen LogP contribution in [0.1, 0.15) is 29.2 Å². The fourth-order valence-electron chi connectivity index (χ4n) is 1.78. The molecule has 0 fully saturated rings. The van der Waals surface area contributed by atoms with Crippen LogP contribution in [-0.4, -0.2) is 16.9 Å². The first-order chi connectivity index (χ1) is 9.10. The predicted molar refractivity (Wildman–Crippen MR) is 83.0 cm³/mol. The molecule has 0 radical (unpaired) electrons. The number of thiazole rings is 1. The van der Waals surface area contributed by atoms with Crippen molar-refractivity contribution in [3.63, 3.8) is 0 Å². The third-order valence-corrected chi connectivity index (χ3v) is 4.66. The van der Waals surface area contributed by atoms with E-state index in [2.05, 4.69) is 36.0 Å². The summed E-state index contributed by atoms with van der Waals surface area (Å²) in [6.45, 7) is 3.03. The van der Waals surface area contributed by atoms with E-state index < -0.39 is 0 Å². The molecule has 1 unspecified atom stereocenters. The second-order valence-corrected chi connectivity index (χ2v) is 6.12. The van der Waals surface area contributed by atoms with Crippen molar-refractivity contribution in [2.75, 3.05) is 7.05 Å². The van der Waals surface area contributed by atoms with E-state index in [0.29, 0.717) is 5.88 Å². The number of hydrogen-bond donors (Lipinski definition) is 0. The molecule has 1 heterocycles. The van der Waals surface area contributed by atoms with Crippen molar-refractivity contribution in [2.45, 2.75) is 25.4 Å². The third-order valence-electron chi connectivity index (χ3n) is 3.07. The smallest absolute Gasteiger partial charge is 0.110 e. The Morgan fingerprint density at radius 1 is 1.32 bits per heavy atom. The number of nitrogens with zero attached hydrogens (tertiary/aromatic N) is 2. The summed E-state index contributed by atoms with van der Waals surface area (Å²) in [5, 5.41) is 3.90. The molecule has 2 nitrogen and oxygen atoms in total. The largest absolute Gasteiger partial charge is 0.293 e. The van der Waals surface area contributed by atoms with Gasteiger partial charge in [0, 0.05) is 16.9 Å². The fourth-order valence-corrected chi connectivity index (χ4v) is 3.07. The molecule has 1 aromatic carbocycles. The number of hydrogen-bond acceptors (Lipinski definition) is 3. The quantitative estimate of drug-likeness (QED) is 0.742. The number of rotatable bonds is 5. The van der Waals surface area contributed by atoms with Gasteiger partial charge in [0.15, 0.2) is 0 Å². The Bertz CT molecular complexity index is 524. The Morgan fingerprint density at radius 2 is 2.00 bits per heavy atom. The van der Waals surface area contributed by atoms with E-state index >= 15 is 0 Å². The summed E-state index contributed by atoms with van der Waals surface area (Å²) in [6.07, 6.45) is 0. The molecule has 0 aliphatic carbocycles. The summed E-state index contributed by atoms with van der Waals surface area (Å²) < 4.78 is 0. The Hall–Kier alpha value is -0.610. The highest BCUT2D eigenvalue weighted by molar-refractivity contribution is 7.09. The molecular formula is C14H16Cl2N2S. The zero-order chi connectivity index (χ0) is 13.8. The van der Waals surface area contributed by atoms with Crippen LogP contribution in [-0.2, 0) is 12.4 Å². The summed E-state index contributed by atoms with van der Waals surface area (Å²) in [6, 6.07) is 8.22. The molecule has 0 N–H and O–H groups in total. The van der Waals surface area contributed by atoms with Crippen LogP contribution >= 0.6 is 34.5 Å². The normalized spacial score (nSPS) is 12.9. The summed E-state index contributed by atoms with van der Waals surface area (Å²) >= 11 is 13.3. The van der Waals surface area contributed by atoms with Gasteiger partial charge in [-0.2, -0.15) is 0 Å². The monoisotopic (exact) mass is 314 g/mol. The first-order valence-corrected chi connectivity index (χ1v) is 7.84. The molecule has 19 heavy (non-hydrogen) atoms. The number of benzene rings is 1. The molecule has 0 spiro atoms. The van der Waals surface area contributed by atoms with E-state index in [1.165, 1.54) is 5.56 Å². The van der Waals surface area contributed by atoms with Gasteiger partial charge in [-0.05, 0) is 31.7 Å². The molecule has 0 saturated carbocycles. The topological polar surface area (TPSA) is 16.1 Å². The lowest BCUT2D eigenvalue weighted by Crippen LogP contribution is -2.21. The minimum atomic E-state index is 0.276. The minimum absolute atomic E-state index is 0.276. The van der Waals surface area contributed by atoms with Crippen molar-refractivity contribution in [1.82, 2.24) is 9.88 Å². The van der Waals surface area contributed by atoms with Crippen molar-refractivity contribution in [1.29, 1.82) is 0 Å². The molecule has 0 aliphatic heterocycles. The molecule has 2 rings (SSSR count). The third kappa shape index (κ3) is 3.93. The van der Waals surface area contributed by atoms with Gasteiger partial charge in [0.1, 0.15) is 5.01 Å². The first kappa shape index (κ1) is 14.8. The molecule has 1 atom stereocenters. The summed E-state index contributed by atoms with van der Waals surface area (Å²) in [4.78, 5) is 6.79. The van der Waals surface area contributed by atoms with Gasteiger partial charge in [0.25, 0.3) is 0 Å². The van der Waals surface area contributed by atoms with Crippen LogP contribution < -0.4 is 0 Å². The molecule has 5 heteroatoms. The predicted octanol–water partition coefficient (Wildman–Crippen LogP) is 4.73. The molecule has 2 aromatic rings. The van der Waals surface area contributed by atoms with Crippen molar-refractivity contribution in [3.05, 3.63) is 50.9 Å². The maximum absolute atomic E-state index is 5.89. The number of halogens is 2. The second kappa shape index (κ2) is 6.71. The van der Waals surface area contributed by atoms with Gasteiger partial charge in [-0.3, -0.25) is 4.90 Å². The summed E-state index contributed by atoms with van der Waals surface area (Å²) in [5.74, 6) is 0.476. The summed E-state index contributed by atoms with van der Waals surface area (Å²) in [7, 11) is 2.10. The fraction of sp³-hybridized carbons (Fsp3) is 0.357. The second-order valence-electron chi connectivity index (χ2n) is 4.53. The minimum Gasteiger partial charge on any atom is -0.293 e. The van der Waals surface area contributed by atoms with Crippen LogP contribution in [0.2, 0.25) is 5.02 Å². The standard InChI is InChI=1S/C14H16Cl2N2S/c1-10(14-17-13(7-15)9-19-14)18(2)8-11-3-5-12(16)6-4-11/h3-6,9-10H,7-8H2,1-2H3. The highest BCUT2D eigenvalue weighted by atomic mass is 35.5. The van der Waals surface area contributed by atoms with Gasteiger partial charge >= 0.3 is 0 Å². The molecular weight excluding hydrogens is 299 g/mol. The zero-order valence-corrected chi connectivity index (χ0v) is 13.3. The van der Waals surface area contributed by atoms with Gasteiger partial charge in [0.05, 0.1) is 17.6 Å². The van der Waals surface area contributed by atoms with Crippen LogP contribution in [0.3, 0.4) is 0 Å². The van der Waals surface area contributed by atoms with Crippen LogP contribution in [0.4, 0.5) is 0 Å². The summed E-state index contributed by atoms with van der Waals surface area (Å²) in [5.41, 5.74) is 2.20. The van der Waals surface area contributed by atoms with Crippen molar-refractivity contribution in [3.8, 4) is 0 Å². The van der Waals surface area contributed by atoms with E-state index in [-0.39, 0.29) is 6.04 Å². The Kier molecular flexibility index (Phi) is 5.22. The number of alkyl halides is 1. The molecule has 0 saturated heterocycles. The first-order valence-electron chi connectivity index (χ1n) is 6.05. The lowest BCUT2D eigenvalue weighted by atomic mass is 10.2. The molecule has 0 bridgehead atoms. The lowest BCUT2D eigenvalue weighted by molar-refractivity contribution is 0.252. The maximum Gasteiger partial charge on any atom is 0.110 e. The highest BCUT2D eigenvalue weighted by Gasteiger charge is 2.15. The molecule has 0 amide bonds. The van der Waals surface area contributed by atoms with Crippen molar-refractivity contribution in [2.24, 2.45) is 0 Å². The van der Waals surface area contributed by atoms with E-state index in [0.717, 1.165) is 22.3 Å².